The second-order valence-corrected chi connectivity index (χ2v) is 4.28. The standard InChI is InChI=1S/C16H11NO3/c18-16(19)13-8-4-7-12(9-13)15-17-10-14(20-15)11-5-2-1-3-6-11/h1-10H,(H,18,19). The van der Waals surface area contributed by atoms with Crippen molar-refractivity contribution in [1.29, 1.82) is 0 Å². The summed E-state index contributed by atoms with van der Waals surface area (Å²) in [6.07, 6.45) is 1.64. The molecule has 3 rings (SSSR count). The van der Waals surface area contributed by atoms with Crippen LogP contribution in [0.1, 0.15) is 10.4 Å². The van der Waals surface area contributed by atoms with Crippen molar-refractivity contribution in [3.8, 4) is 22.8 Å². The van der Waals surface area contributed by atoms with Crippen LogP contribution >= 0.6 is 0 Å². The minimum absolute atomic E-state index is 0.210. The molecule has 3 aromatic rings. The highest BCUT2D eigenvalue weighted by molar-refractivity contribution is 5.89. The lowest BCUT2D eigenvalue weighted by Gasteiger charge is -1.98. The average Bonchev–Trinajstić information content (AvgIpc) is 2.98. The number of hydrogen-bond acceptors (Lipinski definition) is 3. The quantitative estimate of drug-likeness (QED) is 0.784. The van der Waals surface area contributed by atoms with Gasteiger partial charge in [-0.05, 0) is 18.2 Å². The molecule has 0 atom stereocenters. The Hall–Kier alpha value is -2.88. The van der Waals surface area contributed by atoms with Gasteiger partial charge in [-0.15, -0.1) is 0 Å². The molecule has 0 fully saturated rings. The molecule has 1 heterocycles. The molecule has 0 aliphatic carbocycles. The number of rotatable bonds is 3. The predicted molar refractivity (Wildman–Crippen MR) is 74.3 cm³/mol. The maximum atomic E-state index is 11.0. The van der Waals surface area contributed by atoms with Crippen molar-refractivity contribution in [2.45, 2.75) is 0 Å². The van der Waals surface area contributed by atoms with Gasteiger partial charge in [0, 0.05) is 11.1 Å². The molecule has 4 heteroatoms. The first-order valence-electron chi connectivity index (χ1n) is 6.09. The Kier molecular flexibility index (Phi) is 3.05. The predicted octanol–water partition coefficient (Wildman–Crippen LogP) is 3.71. The second-order valence-electron chi connectivity index (χ2n) is 4.28. The molecule has 0 saturated carbocycles. The van der Waals surface area contributed by atoms with Crippen LogP contribution < -0.4 is 0 Å². The van der Waals surface area contributed by atoms with Gasteiger partial charge in [0.25, 0.3) is 0 Å². The molecule has 0 unspecified atom stereocenters. The van der Waals surface area contributed by atoms with Crippen molar-refractivity contribution in [3.63, 3.8) is 0 Å². The topological polar surface area (TPSA) is 63.3 Å². The fraction of sp³-hybridized carbons (Fsp3) is 0. The number of nitrogens with zero attached hydrogens (tertiary/aromatic N) is 1. The first kappa shape index (κ1) is 12.2. The molecule has 0 saturated heterocycles. The van der Waals surface area contributed by atoms with E-state index < -0.39 is 5.97 Å². The van der Waals surface area contributed by atoms with Crippen LogP contribution in [0.2, 0.25) is 0 Å². The Bertz CT molecular complexity index is 747. The molecule has 98 valence electrons. The molecular weight excluding hydrogens is 254 g/mol. The van der Waals surface area contributed by atoms with E-state index in [0.717, 1.165) is 5.56 Å². The summed E-state index contributed by atoms with van der Waals surface area (Å²) in [5, 5.41) is 8.99. The van der Waals surface area contributed by atoms with E-state index in [1.165, 1.54) is 6.07 Å². The lowest BCUT2D eigenvalue weighted by molar-refractivity contribution is 0.0697. The first-order chi connectivity index (χ1) is 9.74. The van der Waals surface area contributed by atoms with Crippen molar-refractivity contribution in [2.75, 3.05) is 0 Å². The van der Waals surface area contributed by atoms with Crippen molar-refractivity contribution >= 4 is 5.97 Å². The monoisotopic (exact) mass is 265 g/mol. The van der Waals surface area contributed by atoms with E-state index in [2.05, 4.69) is 4.98 Å². The Labute approximate surface area is 115 Å². The molecule has 1 N–H and O–H groups in total. The van der Waals surface area contributed by atoms with Gasteiger partial charge in [-0.2, -0.15) is 0 Å². The summed E-state index contributed by atoms with van der Waals surface area (Å²) in [5.74, 6) is 0.0926. The number of carbonyl (C=O) groups is 1. The van der Waals surface area contributed by atoms with Crippen molar-refractivity contribution in [1.82, 2.24) is 4.98 Å². The fourth-order valence-electron chi connectivity index (χ4n) is 1.93. The molecule has 0 aliphatic rings. The van der Waals surface area contributed by atoms with E-state index in [0.29, 0.717) is 17.2 Å². The Morgan fingerprint density at radius 2 is 1.75 bits per heavy atom. The van der Waals surface area contributed by atoms with E-state index in [4.69, 9.17) is 9.52 Å². The number of hydrogen-bond donors (Lipinski definition) is 1. The highest BCUT2D eigenvalue weighted by Crippen LogP contribution is 2.26. The van der Waals surface area contributed by atoms with Crippen molar-refractivity contribution in [2.24, 2.45) is 0 Å². The molecule has 0 amide bonds. The van der Waals surface area contributed by atoms with E-state index in [9.17, 15) is 4.79 Å². The lowest BCUT2D eigenvalue weighted by Crippen LogP contribution is -1.95. The van der Waals surface area contributed by atoms with E-state index >= 15 is 0 Å². The van der Waals surface area contributed by atoms with Crippen LogP contribution in [-0.2, 0) is 0 Å². The summed E-state index contributed by atoms with van der Waals surface area (Å²) in [5.41, 5.74) is 1.79. The number of oxazole rings is 1. The molecule has 1 aromatic heterocycles. The summed E-state index contributed by atoms with van der Waals surface area (Å²) >= 11 is 0. The summed E-state index contributed by atoms with van der Waals surface area (Å²) in [7, 11) is 0. The van der Waals surface area contributed by atoms with Crippen LogP contribution in [-0.4, -0.2) is 16.1 Å². The third kappa shape index (κ3) is 2.31. The van der Waals surface area contributed by atoms with Crippen molar-refractivity contribution < 1.29 is 14.3 Å². The molecule has 0 bridgehead atoms. The number of aromatic nitrogens is 1. The lowest BCUT2D eigenvalue weighted by atomic mass is 10.1. The largest absolute Gasteiger partial charge is 0.478 e. The number of carboxylic acids is 1. The highest BCUT2D eigenvalue weighted by atomic mass is 16.4. The fourth-order valence-corrected chi connectivity index (χ4v) is 1.93. The Morgan fingerprint density at radius 1 is 1.00 bits per heavy atom. The zero-order valence-electron chi connectivity index (χ0n) is 10.5. The van der Waals surface area contributed by atoms with Crippen LogP contribution in [0.25, 0.3) is 22.8 Å². The van der Waals surface area contributed by atoms with Gasteiger partial charge in [0.2, 0.25) is 5.89 Å². The molecule has 20 heavy (non-hydrogen) atoms. The summed E-state index contributed by atoms with van der Waals surface area (Å²) in [6.45, 7) is 0. The Morgan fingerprint density at radius 3 is 2.50 bits per heavy atom. The summed E-state index contributed by atoms with van der Waals surface area (Å²) < 4.78 is 5.69. The molecular formula is C16H11NO3. The van der Waals surface area contributed by atoms with Gasteiger partial charge in [0.1, 0.15) is 0 Å². The van der Waals surface area contributed by atoms with Crippen molar-refractivity contribution in [3.05, 3.63) is 66.4 Å². The summed E-state index contributed by atoms with van der Waals surface area (Å²) in [4.78, 5) is 15.2. The normalized spacial score (nSPS) is 10.4. The zero-order valence-corrected chi connectivity index (χ0v) is 10.5. The van der Waals surface area contributed by atoms with E-state index in [1.807, 2.05) is 30.3 Å². The van der Waals surface area contributed by atoms with Crippen LogP contribution in [0.3, 0.4) is 0 Å². The zero-order chi connectivity index (χ0) is 13.9. The smallest absolute Gasteiger partial charge is 0.335 e. The van der Waals surface area contributed by atoms with Gasteiger partial charge < -0.3 is 9.52 Å². The Balaban J connectivity index is 1.98. The van der Waals surface area contributed by atoms with Gasteiger partial charge in [0.05, 0.1) is 11.8 Å². The van der Waals surface area contributed by atoms with E-state index in [1.54, 1.807) is 24.4 Å². The minimum Gasteiger partial charge on any atom is -0.478 e. The second kappa shape index (κ2) is 5.01. The van der Waals surface area contributed by atoms with Gasteiger partial charge in [0.15, 0.2) is 5.76 Å². The van der Waals surface area contributed by atoms with Gasteiger partial charge in [-0.25, -0.2) is 9.78 Å². The van der Waals surface area contributed by atoms with Gasteiger partial charge >= 0.3 is 5.97 Å². The van der Waals surface area contributed by atoms with Crippen LogP contribution in [0.5, 0.6) is 0 Å². The maximum Gasteiger partial charge on any atom is 0.335 e. The molecule has 2 aromatic carbocycles. The highest BCUT2D eigenvalue weighted by Gasteiger charge is 2.10. The van der Waals surface area contributed by atoms with Crippen LogP contribution in [0.15, 0.2) is 65.2 Å². The van der Waals surface area contributed by atoms with Crippen LogP contribution in [0.4, 0.5) is 0 Å². The molecule has 4 nitrogen and oxygen atoms in total. The first-order valence-corrected chi connectivity index (χ1v) is 6.09. The number of benzene rings is 2. The molecule has 0 aliphatic heterocycles. The van der Waals surface area contributed by atoms with Crippen LogP contribution in [0, 0.1) is 0 Å². The van der Waals surface area contributed by atoms with Gasteiger partial charge in [-0.1, -0.05) is 36.4 Å². The maximum absolute atomic E-state index is 11.0. The number of carboxylic acid groups (broad SMARTS) is 1. The third-order valence-electron chi connectivity index (χ3n) is 2.92. The molecule has 0 spiro atoms. The minimum atomic E-state index is -0.971. The SMILES string of the molecule is O=C(O)c1cccc(-c2ncc(-c3ccccc3)o2)c1. The summed E-state index contributed by atoms with van der Waals surface area (Å²) in [6, 6.07) is 16.1. The van der Waals surface area contributed by atoms with E-state index in [-0.39, 0.29) is 5.56 Å². The average molecular weight is 265 g/mol. The van der Waals surface area contributed by atoms with Gasteiger partial charge in [-0.3, -0.25) is 0 Å². The molecule has 0 radical (unpaired) electrons. The number of aromatic carboxylic acids is 1. The third-order valence-corrected chi connectivity index (χ3v) is 2.92.